The Morgan fingerprint density at radius 2 is 1.79 bits per heavy atom. The van der Waals surface area contributed by atoms with Crippen molar-refractivity contribution in [3.63, 3.8) is 0 Å². The lowest BCUT2D eigenvalue weighted by atomic mass is 10.1. The zero-order valence-electron chi connectivity index (χ0n) is 19.1. The molecule has 0 atom stereocenters. The summed E-state index contributed by atoms with van der Waals surface area (Å²) in [6.07, 6.45) is 0.759. The summed E-state index contributed by atoms with van der Waals surface area (Å²) in [6.45, 7) is 2.66. The van der Waals surface area contributed by atoms with E-state index in [2.05, 4.69) is 15.9 Å². The van der Waals surface area contributed by atoms with Crippen LogP contribution in [0.1, 0.15) is 31.7 Å². The van der Waals surface area contributed by atoms with E-state index in [0.717, 1.165) is 23.4 Å². The quantitative estimate of drug-likeness (QED) is 0.350. The van der Waals surface area contributed by atoms with E-state index >= 15 is 0 Å². The first-order valence-electron chi connectivity index (χ1n) is 10.8. The Bertz CT molecular complexity index is 968. The van der Waals surface area contributed by atoms with E-state index in [-0.39, 0.29) is 25.5 Å². The van der Waals surface area contributed by atoms with Crippen molar-refractivity contribution in [2.45, 2.75) is 38.7 Å². The predicted octanol–water partition coefficient (Wildman–Crippen LogP) is 6.11. The number of urea groups is 1. The molecule has 2 aromatic carbocycles. The van der Waals surface area contributed by atoms with Crippen LogP contribution in [-0.2, 0) is 6.54 Å². The molecular formula is C24H29BrF2N2O4. The van der Waals surface area contributed by atoms with E-state index in [1.54, 1.807) is 35.1 Å². The number of hydrogen-bond donors (Lipinski definition) is 0. The van der Waals surface area contributed by atoms with E-state index in [1.807, 2.05) is 18.2 Å². The second-order valence-electron chi connectivity index (χ2n) is 8.02. The average Bonchev–Trinajstić information content (AvgIpc) is 2.78. The molecule has 0 bridgehead atoms. The number of ether oxygens (including phenoxy) is 3. The van der Waals surface area contributed by atoms with E-state index < -0.39 is 5.92 Å². The molecule has 0 N–H and O–H groups in total. The molecule has 1 aliphatic rings. The molecule has 0 spiro atoms. The van der Waals surface area contributed by atoms with Crippen molar-refractivity contribution in [2.24, 2.45) is 0 Å². The summed E-state index contributed by atoms with van der Waals surface area (Å²) < 4.78 is 43.6. The third kappa shape index (κ3) is 6.72. The minimum Gasteiger partial charge on any atom is -0.496 e. The number of rotatable bonds is 10. The standard InChI is InChI=1S/C24H29BrF2N2O4/c1-24(26,27)10-4-13-33-22-15-19(8-9-20(22)31-2)29-12-5-11-28(23(29)30)16-17-6-7-18(25)14-21(17)32-3/h6-9,14-15H,4-5,10-13,16H2,1-3H3. The maximum atomic E-state index is 13.3. The maximum absolute atomic E-state index is 13.3. The molecule has 0 aromatic heterocycles. The topological polar surface area (TPSA) is 51.2 Å². The Balaban J connectivity index is 1.73. The van der Waals surface area contributed by atoms with Gasteiger partial charge in [-0.15, -0.1) is 0 Å². The van der Waals surface area contributed by atoms with Gasteiger partial charge in [-0.05, 0) is 44.0 Å². The number of amides is 2. The van der Waals surface area contributed by atoms with Gasteiger partial charge in [0.2, 0.25) is 5.92 Å². The summed E-state index contributed by atoms with van der Waals surface area (Å²) in [5.74, 6) is -1.10. The Morgan fingerprint density at radius 3 is 2.48 bits per heavy atom. The summed E-state index contributed by atoms with van der Waals surface area (Å²) in [5, 5.41) is 0. The molecular weight excluding hydrogens is 498 g/mol. The molecule has 1 fully saturated rings. The Hall–Kier alpha value is -2.55. The van der Waals surface area contributed by atoms with Gasteiger partial charge in [-0.1, -0.05) is 22.0 Å². The van der Waals surface area contributed by atoms with E-state index in [1.165, 1.54) is 7.11 Å². The Labute approximate surface area is 201 Å². The van der Waals surface area contributed by atoms with Crippen LogP contribution in [0.5, 0.6) is 17.2 Å². The first kappa shape index (κ1) is 25.1. The van der Waals surface area contributed by atoms with Crippen LogP contribution in [0, 0.1) is 0 Å². The molecule has 0 saturated carbocycles. The molecule has 180 valence electrons. The van der Waals surface area contributed by atoms with Gasteiger partial charge in [0.15, 0.2) is 11.5 Å². The third-order valence-corrected chi connectivity index (χ3v) is 5.89. The van der Waals surface area contributed by atoms with Crippen molar-refractivity contribution in [1.82, 2.24) is 4.90 Å². The van der Waals surface area contributed by atoms with Crippen LogP contribution < -0.4 is 19.1 Å². The normalized spacial score (nSPS) is 14.4. The van der Waals surface area contributed by atoms with E-state index in [0.29, 0.717) is 42.6 Å². The third-order valence-electron chi connectivity index (χ3n) is 5.40. The molecule has 9 heteroatoms. The van der Waals surface area contributed by atoms with Crippen LogP contribution in [-0.4, -0.2) is 50.8 Å². The second kappa shape index (κ2) is 11.0. The lowest BCUT2D eigenvalue weighted by molar-refractivity contribution is 0.00763. The van der Waals surface area contributed by atoms with Crippen molar-refractivity contribution < 1.29 is 27.8 Å². The molecule has 3 rings (SSSR count). The highest BCUT2D eigenvalue weighted by atomic mass is 79.9. The second-order valence-corrected chi connectivity index (χ2v) is 8.94. The summed E-state index contributed by atoms with van der Waals surface area (Å²) in [5.41, 5.74) is 1.59. The number of methoxy groups -OCH3 is 2. The predicted molar refractivity (Wildman–Crippen MR) is 127 cm³/mol. The highest BCUT2D eigenvalue weighted by Crippen LogP contribution is 2.34. The van der Waals surface area contributed by atoms with Gasteiger partial charge >= 0.3 is 6.03 Å². The van der Waals surface area contributed by atoms with Gasteiger partial charge < -0.3 is 19.1 Å². The molecule has 0 unspecified atom stereocenters. The average molecular weight is 527 g/mol. The fourth-order valence-corrected chi connectivity index (χ4v) is 4.07. The molecule has 1 aliphatic heterocycles. The summed E-state index contributed by atoms with van der Waals surface area (Å²) in [6, 6.07) is 10.9. The zero-order valence-corrected chi connectivity index (χ0v) is 20.7. The number of carbonyl (C=O) groups excluding carboxylic acids is 1. The first-order chi connectivity index (χ1) is 15.7. The fraction of sp³-hybridized carbons (Fsp3) is 0.458. The largest absolute Gasteiger partial charge is 0.496 e. The summed E-state index contributed by atoms with van der Waals surface area (Å²) >= 11 is 3.44. The number of carbonyl (C=O) groups is 1. The molecule has 1 heterocycles. The lowest BCUT2D eigenvalue weighted by Gasteiger charge is -2.36. The van der Waals surface area contributed by atoms with Crippen LogP contribution in [0.25, 0.3) is 0 Å². The van der Waals surface area contributed by atoms with Gasteiger partial charge in [-0.25, -0.2) is 13.6 Å². The Morgan fingerprint density at radius 1 is 1.03 bits per heavy atom. The maximum Gasteiger partial charge on any atom is 0.324 e. The summed E-state index contributed by atoms with van der Waals surface area (Å²) in [7, 11) is 3.12. The van der Waals surface area contributed by atoms with Crippen molar-refractivity contribution in [3.8, 4) is 17.2 Å². The number of hydrogen-bond acceptors (Lipinski definition) is 4. The van der Waals surface area contributed by atoms with Crippen LogP contribution in [0.3, 0.4) is 0 Å². The van der Waals surface area contributed by atoms with Crippen LogP contribution in [0.2, 0.25) is 0 Å². The van der Waals surface area contributed by atoms with Crippen molar-refractivity contribution >= 4 is 27.6 Å². The minimum absolute atomic E-state index is 0.118. The smallest absolute Gasteiger partial charge is 0.324 e. The van der Waals surface area contributed by atoms with Gasteiger partial charge in [0, 0.05) is 41.3 Å². The van der Waals surface area contributed by atoms with E-state index in [9.17, 15) is 13.6 Å². The van der Waals surface area contributed by atoms with Crippen molar-refractivity contribution in [3.05, 3.63) is 46.4 Å². The molecule has 2 aromatic rings. The van der Waals surface area contributed by atoms with Gasteiger partial charge in [0.05, 0.1) is 27.4 Å². The van der Waals surface area contributed by atoms with Crippen molar-refractivity contribution in [2.75, 3.05) is 38.8 Å². The lowest BCUT2D eigenvalue weighted by Crippen LogP contribution is -2.49. The molecule has 33 heavy (non-hydrogen) atoms. The zero-order chi connectivity index (χ0) is 24.0. The number of alkyl halides is 2. The Kier molecular flexibility index (Phi) is 8.40. The monoisotopic (exact) mass is 526 g/mol. The first-order valence-corrected chi connectivity index (χ1v) is 11.6. The SMILES string of the molecule is COc1cc(Br)ccc1CN1CCCN(c2ccc(OC)c(OCCCC(C)(F)F)c2)C1=O. The van der Waals surface area contributed by atoms with Crippen LogP contribution >= 0.6 is 15.9 Å². The number of anilines is 1. The number of benzene rings is 2. The number of nitrogens with zero attached hydrogens (tertiary/aromatic N) is 2. The van der Waals surface area contributed by atoms with Gasteiger partial charge in [0.25, 0.3) is 0 Å². The minimum atomic E-state index is -2.73. The van der Waals surface area contributed by atoms with Gasteiger partial charge in [0.1, 0.15) is 5.75 Å². The molecule has 0 aliphatic carbocycles. The van der Waals surface area contributed by atoms with Gasteiger partial charge in [-0.3, -0.25) is 4.90 Å². The molecule has 2 amide bonds. The molecule has 1 saturated heterocycles. The van der Waals surface area contributed by atoms with E-state index in [4.69, 9.17) is 14.2 Å². The highest BCUT2D eigenvalue weighted by Gasteiger charge is 2.28. The molecule has 6 nitrogen and oxygen atoms in total. The van der Waals surface area contributed by atoms with Crippen LogP contribution in [0.4, 0.5) is 19.3 Å². The summed E-state index contributed by atoms with van der Waals surface area (Å²) in [4.78, 5) is 16.8. The highest BCUT2D eigenvalue weighted by molar-refractivity contribution is 9.10. The van der Waals surface area contributed by atoms with Crippen LogP contribution in [0.15, 0.2) is 40.9 Å². The van der Waals surface area contributed by atoms with Crippen molar-refractivity contribution in [1.29, 1.82) is 0 Å². The molecule has 0 radical (unpaired) electrons. The number of halogens is 3. The van der Waals surface area contributed by atoms with Gasteiger partial charge in [-0.2, -0.15) is 0 Å². The fourth-order valence-electron chi connectivity index (χ4n) is 3.73.